The van der Waals surface area contributed by atoms with Gasteiger partial charge in [-0.2, -0.15) is 0 Å². The van der Waals surface area contributed by atoms with Gasteiger partial charge in [0.05, 0.1) is 12.7 Å². The Morgan fingerprint density at radius 3 is 2.80 bits per heavy atom. The molecule has 1 atom stereocenters. The van der Waals surface area contributed by atoms with Crippen LogP contribution in [0.3, 0.4) is 0 Å². The van der Waals surface area contributed by atoms with E-state index in [-0.39, 0.29) is 11.3 Å². The number of hydrogen-bond donors (Lipinski definition) is 1. The van der Waals surface area contributed by atoms with Crippen molar-refractivity contribution in [3.05, 3.63) is 29.6 Å². The van der Waals surface area contributed by atoms with Crippen LogP contribution in [0, 0.1) is 5.82 Å². The number of nitrogens with zero attached hydrogens (tertiary/aromatic N) is 1. The Labute approximate surface area is 116 Å². The lowest BCUT2D eigenvalue weighted by atomic mass is 10.0. The summed E-state index contributed by atoms with van der Waals surface area (Å²) in [4.78, 5) is 25.0. The summed E-state index contributed by atoms with van der Waals surface area (Å²) in [6, 6.07) is 2.78. The Balaban J connectivity index is 2.34. The molecule has 1 aromatic rings. The number of hydrogen-bond acceptors (Lipinski definition) is 3. The van der Waals surface area contributed by atoms with Crippen LogP contribution in [-0.4, -0.2) is 41.6 Å². The maximum absolute atomic E-state index is 13.3. The molecule has 0 bridgehead atoms. The van der Waals surface area contributed by atoms with E-state index in [4.69, 9.17) is 4.74 Å². The number of halogens is 1. The number of carboxylic acids is 1. The van der Waals surface area contributed by atoms with Crippen molar-refractivity contribution < 1.29 is 23.8 Å². The van der Waals surface area contributed by atoms with Gasteiger partial charge in [-0.3, -0.25) is 4.79 Å². The predicted molar refractivity (Wildman–Crippen MR) is 69.3 cm³/mol. The molecule has 2 rings (SSSR count). The first kappa shape index (κ1) is 14.3. The van der Waals surface area contributed by atoms with Crippen molar-refractivity contribution in [3.63, 3.8) is 0 Å². The molecule has 20 heavy (non-hydrogen) atoms. The zero-order chi connectivity index (χ0) is 14.7. The Hall–Kier alpha value is -2.11. The first-order valence-corrected chi connectivity index (χ1v) is 6.42. The van der Waals surface area contributed by atoms with Crippen LogP contribution in [0.2, 0.25) is 0 Å². The number of benzene rings is 1. The topological polar surface area (TPSA) is 66.8 Å². The summed E-state index contributed by atoms with van der Waals surface area (Å²) in [6.45, 7) is 0.357. The van der Waals surface area contributed by atoms with Gasteiger partial charge in [-0.25, -0.2) is 9.18 Å². The predicted octanol–water partition coefficient (Wildman–Crippen LogP) is 1.91. The number of carbonyl (C=O) groups is 2. The normalized spacial score (nSPS) is 18.7. The standard InChI is InChI=1S/C14H16FNO4/c1-20-12-6-5-9(15)8-10(12)13(17)16-7-3-2-4-11(16)14(18)19/h5-6,8,11H,2-4,7H2,1H3,(H,18,19). The minimum Gasteiger partial charge on any atom is -0.496 e. The molecule has 1 saturated heterocycles. The van der Waals surface area contributed by atoms with Crippen LogP contribution in [0.15, 0.2) is 18.2 Å². The van der Waals surface area contributed by atoms with Crippen molar-refractivity contribution >= 4 is 11.9 Å². The lowest BCUT2D eigenvalue weighted by Gasteiger charge is -2.33. The number of rotatable bonds is 3. The van der Waals surface area contributed by atoms with E-state index in [1.165, 1.54) is 24.1 Å². The number of likely N-dealkylation sites (tertiary alicyclic amines) is 1. The summed E-state index contributed by atoms with van der Waals surface area (Å²) >= 11 is 0. The van der Waals surface area contributed by atoms with Crippen molar-refractivity contribution in [2.24, 2.45) is 0 Å². The first-order chi connectivity index (χ1) is 9.54. The zero-order valence-corrected chi connectivity index (χ0v) is 11.1. The van der Waals surface area contributed by atoms with Crippen molar-refractivity contribution in [2.45, 2.75) is 25.3 Å². The Morgan fingerprint density at radius 2 is 2.15 bits per heavy atom. The molecule has 1 aromatic carbocycles. The summed E-state index contributed by atoms with van der Waals surface area (Å²) in [5, 5.41) is 9.19. The van der Waals surface area contributed by atoms with E-state index < -0.39 is 23.7 Å². The number of carboxylic acid groups (broad SMARTS) is 1. The molecule has 0 aromatic heterocycles. The molecule has 1 unspecified atom stereocenters. The third-order valence-electron chi connectivity index (χ3n) is 3.44. The number of piperidine rings is 1. The molecule has 108 valence electrons. The largest absolute Gasteiger partial charge is 0.496 e. The molecule has 0 saturated carbocycles. The number of aliphatic carboxylic acids is 1. The molecule has 1 fully saturated rings. The summed E-state index contributed by atoms with van der Waals surface area (Å²) in [5.74, 6) is -1.86. The molecule has 6 heteroatoms. The molecule has 0 spiro atoms. The average Bonchev–Trinajstić information content (AvgIpc) is 2.46. The highest BCUT2D eigenvalue weighted by atomic mass is 19.1. The van der Waals surface area contributed by atoms with E-state index in [1.807, 2.05) is 0 Å². The van der Waals surface area contributed by atoms with Crippen molar-refractivity contribution in [1.82, 2.24) is 4.90 Å². The molecular weight excluding hydrogens is 265 g/mol. The SMILES string of the molecule is COc1ccc(F)cc1C(=O)N1CCCCC1C(=O)O. The van der Waals surface area contributed by atoms with Gasteiger partial charge in [-0.1, -0.05) is 0 Å². The lowest BCUT2D eigenvalue weighted by molar-refractivity contribution is -0.143. The van der Waals surface area contributed by atoms with Crippen molar-refractivity contribution in [3.8, 4) is 5.75 Å². The van der Waals surface area contributed by atoms with E-state index in [9.17, 15) is 19.1 Å². The minimum atomic E-state index is -1.03. The monoisotopic (exact) mass is 281 g/mol. The van der Waals surface area contributed by atoms with E-state index in [0.29, 0.717) is 13.0 Å². The molecule has 1 aliphatic heterocycles. The van der Waals surface area contributed by atoms with Crippen LogP contribution in [0.1, 0.15) is 29.6 Å². The second-order valence-electron chi connectivity index (χ2n) is 4.69. The van der Waals surface area contributed by atoms with Gasteiger partial charge in [-0.15, -0.1) is 0 Å². The summed E-state index contributed by atoms with van der Waals surface area (Å²) < 4.78 is 18.4. The minimum absolute atomic E-state index is 0.0562. The summed E-state index contributed by atoms with van der Waals surface area (Å²) in [5.41, 5.74) is 0.0562. The summed E-state index contributed by atoms with van der Waals surface area (Å²) in [6.07, 6.45) is 1.92. The van der Waals surface area contributed by atoms with Gasteiger partial charge in [0, 0.05) is 6.54 Å². The van der Waals surface area contributed by atoms with Gasteiger partial charge in [0.2, 0.25) is 0 Å². The quantitative estimate of drug-likeness (QED) is 0.919. The van der Waals surface area contributed by atoms with E-state index in [1.54, 1.807) is 0 Å². The highest BCUT2D eigenvalue weighted by molar-refractivity contribution is 5.99. The van der Waals surface area contributed by atoms with Gasteiger partial charge in [0.25, 0.3) is 5.91 Å². The number of carbonyl (C=O) groups excluding carboxylic acids is 1. The number of methoxy groups -OCH3 is 1. The summed E-state index contributed by atoms with van der Waals surface area (Å²) in [7, 11) is 1.38. The van der Waals surface area contributed by atoms with Crippen LogP contribution in [0.4, 0.5) is 4.39 Å². The first-order valence-electron chi connectivity index (χ1n) is 6.42. The Bertz CT molecular complexity index is 532. The van der Waals surface area contributed by atoms with Gasteiger partial charge in [0.15, 0.2) is 0 Å². The highest BCUT2D eigenvalue weighted by Crippen LogP contribution is 2.25. The molecule has 5 nitrogen and oxygen atoms in total. The maximum atomic E-state index is 13.3. The van der Waals surface area contributed by atoms with Crippen LogP contribution >= 0.6 is 0 Å². The van der Waals surface area contributed by atoms with Crippen LogP contribution in [0.5, 0.6) is 5.75 Å². The fourth-order valence-electron chi connectivity index (χ4n) is 2.43. The van der Waals surface area contributed by atoms with E-state index >= 15 is 0 Å². The van der Waals surface area contributed by atoms with Gasteiger partial charge in [0.1, 0.15) is 17.6 Å². The number of ether oxygens (including phenoxy) is 1. The fourth-order valence-corrected chi connectivity index (χ4v) is 2.43. The molecule has 1 heterocycles. The number of amides is 1. The molecule has 1 aliphatic rings. The second-order valence-corrected chi connectivity index (χ2v) is 4.69. The smallest absolute Gasteiger partial charge is 0.326 e. The van der Waals surface area contributed by atoms with Gasteiger partial charge in [-0.05, 0) is 37.5 Å². The van der Waals surface area contributed by atoms with Crippen LogP contribution in [-0.2, 0) is 4.79 Å². The zero-order valence-electron chi connectivity index (χ0n) is 11.1. The lowest BCUT2D eigenvalue weighted by Crippen LogP contribution is -2.48. The van der Waals surface area contributed by atoms with Crippen LogP contribution in [0.25, 0.3) is 0 Å². The highest BCUT2D eigenvalue weighted by Gasteiger charge is 2.33. The van der Waals surface area contributed by atoms with Gasteiger partial charge >= 0.3 is 5.97 Å². The third-order valence-corrected chi connectivity index (χ3v) is 3.44. The van der Waals surface area contributed by atoms with E-state index in [2.05, 4.69) is 0 Å². The molecule has 0 radical (unpaired) electrons. The fraction of sp³-hybridized carbons (Fsp3) is 0.429. The second kappa shape index (κ2) is 5.90. The van der Waals surface area contributed by atoms with Crippen molar-refractivity contribution in [1.29, 1.82) is 0 Å². The maximum Gasteiger partial charge on any atom is 0.326 e. The van der Waals surface area contributed by atoms with Crippen LogP contribution < -0.4 is 4.74 Å². The Morgan fingerprint density at radius 1 is 1.40 bits per heavy atom. The molecule has 0 aliphatic carbocycles. The average molecular weight is 281 g/mol. The molecule has 1 N–H and O–H groups in total. The van der Waals surface area contributed by atoms with E-state index in [0.717, 1.165) is 18.9 Å². The van der Waals surface area contributed by atoms with Crippen molar-refractivity contribution in [2.75, 3.05) is 13.7 Å². The molecule has 1 amide bonds. The Kier molecular flexibility index (Phi) is 4.22. The van der Waals surface area contributed by atoms with Gasteiger partial charge < -0.3 is 14.7 Å². The third kappa shape index (κ3) is 2.74. The molecular formula is C14H16FNO4.